The molecule has 33 heavy (non-hydrogen) atoms. The fourth-order valence-electron chi connectivity index (χ4n) is 4.06. The molecule has 1 aliphatic rings. The van der Waals surface area contributed by atoms with E-state index < -0.39 is 0 Å². The van der Waals surface area contributed by atoms with Crippen LogP contribution in [0.3, 0.4) is 0 Å². The van der Waals surface area contributed by atoms with Crippen molar-refractivity contribution in [3.8, 4) is 0 Å². The molecule has 4 aromatic rings. The highest BCUT2D eigenvalue weighted by molar-refractivity contribution is 7.18. The van der Waals surface area contributed by atoms with E-state index in [1.165, 1.54) is 11.3 Å². The topological polar surface area (TPSA) is 74.1 Å². The van der Waals surface area contributed by atoms with E-state index in [9.17, 15) is 9.59 Å². The van der Waals surface area contributed by atoms with E-state index in [0.29, 0.717) is 13.1 Å². The van der Waals surface area contributed by atoms with Gasteiger partial charge in [0.1, 0.15) is 5.01 Å². The summed E-state index contributed by atoms with van der Waals surface area (Å²) >= 11 is 3.11. The van der Waals surface area contributed by atoms with Crippen molar-refractivity contribution >= 4 is 43.8 Å². The summed E-state index contributed by atoms with van der Waals surface area (Å²) in [4.78, 5) is 41.5. The summed E-state index contributed by atoms with van der Waals surface area (Å²) in [5, 5.41) is 2.83. The molecule has 3 aromatic heterocycles. The molecule has 10 heteroatoms. The molecule has 0 N–H and O–H groups in total. The van der Waals surface area contributed by atoms with Crippen LogP contribution in [-0.2, 0) is 11.3 Å². The van der Waals surface area contributed by atoms with Gasteiger partial charge in [0.2, 0.25) is 5.91 Å². The molecule has 0 aliphatic carbocycles. The molecule has 8 nitrogen and oxygen atoms in total. The zero-order valence-corrected chi connectivity index (χ0v) is 20.3. The second-order valence-electron chi connectivity index (χ2n) is 8.39. The lowest BCUT2D eigenvalue weighted by molar-refractivity contribution is -0.133. The van der Waals surface area contributed by atoms with Crippen molar-refractivity contribution < 1.29 is 4.79 Å². The van der Waals surface area contributed by atoms with Gasteiger partial charge in [-0.15, -0.1) is 22.7 Å². The number of piperazine rings is 1. The average molecular weight is 483 g/mol. The van der Waals surface area contributed by atoms with E-state index >= 15 is 0 Å². The largest absolute Gasteiger partial charge is 0.335 e. The molecule has 0 spiro atoms. The van der Waals surface area contributed by atoms with E-state index in [-0.39, 0.29) is 17.5 Å². The molecule has 1 fully saturated rings. The van der Waals surface area contributed by atoms with Crippen molar-refractivity contribution in [1.82, 2.24) is 29.1 Å². The Morgan fingerprint density at radius 1 is 1.15 bits per heavy atom. The molecule has 4 heterocycles. The third-order valence-corrected chi connectivity index (χ3v) is 8.17. The Labute approximate surface area is 199 Å². The van der Waals surface area contributed by atoms with E-state index in [4.69, 9.17) is 4.98 Å². The number of hydrogen-bond donors (Lipinski definition) is 0. The maximum absolute atomic E-state index is 13.0. The number of carbonyl (C=O) groups is 1. The molecule has 5 rings (SSSR count). The van der Waals surface area contributed by atoms with Gasteiger partial charge in [0.15, 0.2) is 4.96 Å². The summed E-state index contributed by atoms with van der Waals surface area (Å²) in [7, 11) is 1.86. The number of rotatable bonds is 6. The van der Waals surface area contributed by atoms with Gasteiger partial charge >= 0.3 is 0 Å². The lowest BCUT2D eigenvalue weighted by atomic mass is 10.2. The number of aromatic nitrogens is 3. The fraction of sp³-hybridized carbons (Fsp3) is 0.391. The van der Waals surface area contributed by atoms with Gasteiger partial charge in [0.25, 0.3) is 5.56 Å². The molecule has 1 unspecified atom stereocenters. The number of carbonyl (C=O) groups excluding carboxylic acids is 1. The highest BCUT2D eigenvalue weighted by Crippen LogP contribution is 2.28. The molecular formula is C23H26N6O2S2. The second-order valence-corrected chi connectivity index (χ2v) is 10.3. The van der Waals surface area contributed by atoms with Crippen LogP contribution in [-0.4, -0.2) is 74.7 Å². The molecule has 1 aliphatic heterocycles. The number of hydrogen-bond acceptors (Lipinski definition) is 8. The van der Waals surface area contributed by atoms with Crippen molar-refractivity contribution in [2.75, 3.05) is 39.8 Å². The number of benzene rings is 1. The minimum Gasteiger partial charge on any atom is -0.335 e. The first-order valence-corrected chi connectivity index (χ1v) is 12.7. The number of fused-ring (bicyclic) bond motifs is 2. The minimum absolute atomic E-state index is 0.0363. The van der Waals surface area contributed by atoms with Crippen LogP contribution < -0.4 is 5.56 Å². The third-order valence-electron chi connectivity index (χ3n) is 6.21. The third kappa shape index (κ3) is 4.70. The summed E-state index contributed by atoms with van der Waals surface area (Å²) in [6.45, 7) is 6.41. The van der Waals surface area contributed by atoms with E-state index in [1.807, 2.05) is 37.6 Å². The first-order valence-electron chi connectivity index (χ1n) is 11.0. The predicted molar refractivity (Wildman–Crippen MR) is 132 cm³/mol. The number of para-hydroxylation sites is 1. The molecule has 1 atom stereocenters. The van der Waals surface area contributed by atoms with Gasteiger partial charge < -0.3 is 4.90 Å². The van der Waals surface area contributed by atoms with Gasteiger partial charge in [-0.1, -0.05) is 12.1 Å². The lowest BCUT2D eigenvalue weighted by Gasteiger charge is -2.35. The first kappa shape index (κ1) is 22.1. The van der Waals surface area contributed by atoms with Gasteiger partial charge in [-0.2, -0.15) is 0 Å². The van der Waals surface area contributed by atoms with Crippen LogP contribution in [0.15, 0.2) is 46.7 Å². The SMILES string of the molecule is CC(c1nc2ccccc2s1)N(C)C(=O)CN1CCN(Cc2cc(=O)n3ccsc3n2)CC1. The standard InChI is InChI=1S/C23H26N6O2S2/c1-16(22-25-18-5-3-4-6-19(18)33-22)26(2)21(31)15-28-9-7-27(8-10-28)14-17-13-20(30)29-11-12-32-23(29)24-17/h3-6,11-13,16H,7-10,14-15H2,1-2H3. The Morgan fingerprint density at radius 2 is 1.91 bits per heavy atom. The van der Waals surface area contributed by atoms with Crippen LogP contribution in [0, 0.1) is 0 Å². The Hall–Kier alpha value is -2.66. The Balaban J connectivity index is 1.14. The van der Waals surface area contributed by atoms with Crippen molar-refractivity contribution in [1.29, 1.82) is 0 Å². The highest BCUT2D eigenvalue weighted by Gasteiger charge is 2.25. The zero-order valence-electron chi connectivity index (χ0n) is 18.7. The maximum atomic E-state index is 13.0. The number of thiazole rings is 2. The van der Waals surface area contributed by atoms with E-state index in [2.05, 4.69) is 20.9 Å². The van der Waals surface area contributed by atoms with Crippen molar-refractivity contribution in [3.05, 3.63) is 63.0 Å². The normalized spacial score (nSPS) is 16.4. The number of amides is 1. The monoisotopic (exact) mass is 482 g/mol. The molecule has 0 saturated carbocycles. The minimum atomic E-state index is -0.0615. The second kappa shape index (κ2) is 9.30. The Morgan fingerprint density at radius 3 is 2.70 bits per heavy atom. The van der Waals surface area contributed by atoms with E-state index in [1.54, 1.807) is 32.9 Å². The van der Waals surface area contributed by atoms with Crippen molar-refractivity contribution in [2.24, 2.45) is 0 Å². The van der Waals surface area contributed by atoms with Crippen LogP contribution in [0.25, 0.3) is 15.2 Å². The number of likely N-dealkylation sites (N-methyl/N-ethyl adjacent to an activating group) is 1. The molecule has 1 amide bonds. The molecule has 0 bridgehead atoms. The fourth-order valence-corrected chi connectivity index (χ4v) is 5.86. The summed E-state index contributed by atoms with van der Waals surface area (Å²) in [6.07, 6.45) is 1.75. The summed E-state index contributed by atoms with van der Waals surface area (Å²) < 4.78 is 2.72. The van der Waals surface area contributed by atoms with Crippen molar-refractivity contribution in [2.45, 2.75) is 19.5 Å². The van der Waals surface area contributed by atoms with Gasteiger partial charge in [0.05, 0.1) is 28.5 Å². The van der Waals surface area contributed by atoms with Gasteiger partial charge in [0, 0.05) is 57.4 Å². The molecular weight excluding hydrogens is 456 g/mol. The quantitative estimate of drug-likeness (QED) is 0.421. The van der Waals surface area contributed by atoms with Crippen molar-refractivity contribution in [3.63, 3.8) is 0 Å². The summed E-state index contributed by atoms with van der Waals surface area (Å²) in [5.74, 6) is 0.105. The average Bonchev–Trinajstić information content (AvgIpc) is 3.46. The molecule has 172 valence electrons. The molecule has 1 saturated heterocycles. The Bertz CT molecular complexity index is 1300. The van der Waals surface area contributed by atoms with Crippen LogP contribution in [0.2, 0.25) is 0 Å². The summed E-state index contributed by atoms with van der Waals surface area (Å²) in [6, 6.07) is 9.63. The maximum Gasteiger partial charge on any atom is 0.258 e. The molecule has 1 aromatic carbocycles. The summed E-state index contributed by atoms with van der Waals surface area (Å²) in [5.41, 5.74) is 1.75. The van der Waals surface area contributed by atoms with Gasteiger partial charge in [-0.25, -0.2) is 9.97 Å². The van der Waals surface area contributed by atoms with E-state index in [0.717, 1.165) is 52.1 Å². The van der Waals surface area contributed by atoms with Gasteiger partial charge in [-0.05, 0) is 19.1 Å². The zero-order chi connectivity index (χ0) is 22.9. The first-order chi connectivity index (χ1) is 16.0. The van der Waals surface area contributed by atoms with Crippen LogP contribution in [0.4, 0.5) is 0 Å². The lowest BCUT2D eigenvalue weighted by Crippen LogP contribution is -2.49. The van der Waals surface area contributed by atoms with Gasteiger partial charge in [-0.3, -0.25) is 23.8 Å². The van der Waals surface area contributed by atoms with Crippen LogP contribution in [0.1, 0.15) is 23.7 Å². The predicted octanol–water partition coefficient (Wildman–Crippen LogP) is 2.70. The number of nitrogens with zero attached hydrogens (tertiary/aromatic N) is 6. The smallest absolute Gasteiger partial charge is 0.258 e. The molecule has 0 radical (unpaired) electrons. The highest BCUT2D eigenvalue weighted by atomic mass is 32.1. The van der Waals surface area contributed by atoms with Crippen LogP contribution >= 0.6 is 22.7 Å². The van der Waals surface area contributed by atoms with Crippen LogP contribution in [0.5, 0.6) is 0 Å². The Kier molecular flexibility index (Phi) is 6.24.